The SMILES string of the molecule is C=C(C)C(=O)OCCCOc1ccc(/C=C/CCCC)cc1.CCCCCOC(=O)c1ccc(-c2ccc(OC)c(C=N)c2)cc1. The minimum atomic E-state index is -0.348. The summed E-state index contributed by atoms with van der Waals surface area (Å²) < 4.78 is 21.1. The number of ether oxygens (including phenoxy) is 4. The maximum Gasteiger partial charge on any atom is 0.338 e. The van der Waals surface area contributed by atoms with Gasteiger partial charge in [0.2, 0.25) is 0 Å². The summed E-state index contributed by atoms with van der Waals surface area (Å²) in [5, 5.41) is 7.47. The van der Waals surface area contributed by atoms with Crippen LogP contribution in [0.1, 0.15) is 87.2 Å². The van der Waals surface area contributed by atoms with Crippen LogP contribution in [-0.4, -0.2) is 45.1 Å². The van der Waals surface area contributed by atoms with Crippen LogP contribution in [0, 0.1) is 5.41 Å². The average molecular weight is 628 g/mol. The van der Waals surface area contributed by atoms with Crippen molar-refractivity contribution < 1.29 is 28.5 Å². The zero-order chi connectivity index (χ0) is 33.6. The van der Waals surface area contributed by atoms with E-state index in [2.05, 4.69) is 32.6 Å². The molecule has 0 radical (unpaired) electrons. The zero-order valence-corrected chi connectivity index (χ0v) is 27.8. The number of rotatable bonds is 18. The lowest BCUT2D eigenvalue weighted by molar-refractivity contribution is -0.139. The first-order chi connectivity index (χ1) is 22.3. The third-order valence-electron chi connectivity index (χ3n) is 6.87. The molecule has 1 N–H and O–H groups in total. The molecule has 0 bridgehead atoms. The molecule has 0 aromatic heterocycles. The number of carbonyl (C=O) groups excluding carboxylic acids is 2. The van der Waals surface area contributed by atoms with Gasteiger partial charge in [-0.25, -0.2) is 9.59 Å². The van der Waals surface area contributed by atoms with Crippen molar-refractivity contribution in [2.75, 3.05) is 26.9 Å². The van der Waals surface area contributed by atoms with E-state index in [-0.39, 0.29) is 11.9 Å². The lowest BCUT2D eigenvalue weighted by Crippen LogP contribution is -2.09. The number of nitrogens with one attached hydrogen (secondary N) is 1. The highest BCUT2D eigenvalue weighted by Crippen LogP contribution is 2.26. The van der Waals surface area contributed by atoms with Crippen molar-refractivity contribution in [3.8, 4) is 22.6 Å². The summed E-state index contributed by atoms with van der Waals surface area (Å²) in [5.74, 6) is 0.866. The fraction of sp³-hybridized carbons (Fsp3) is 0.359. The monoisotopic (exact) mass is 627 g/mol. The topological polar surface area (TPSA) is 94.9 Å². The summed E-state index contributed by atoms with van der Waals surface area (Å²) in [6, 6.07) is 21.0. The van der Waals surface area contributed by atoms with Gasteiger partial charge in [0, 0.05) is 23.8 Å². The van der Waals surface area contributed by atoms with Crippen LogP contribution in [0.4, 0.5) is 0 Å². The molecule has 0 unspecified atom stereocenters. The Morgan fingerprint density at radius 1 is 0.804 bits per heavy atom. The van der Waals surface area contributed by atoms with Crippen LogP contribution >= 0.6 is 0 Å². The Morgan fingerprint density at radius 2 is 1.48 bits per heavy atom. The lowest BCUT2D eigenvalue weighted by atomic mass is 10.0. The number of hydrogen-bond acceptors (Lipinski definition) is 7. The van der Waals surface area contributed by atoms with Crippen LogP contribution in [0.15, 0.2) is 85.0 Å². The largest absolute Gasteiger partial charge is 0.496 e. The van der Waals surface area contributed by atoms with Gasteiger partial charge < -0.3 is 24.4 Å². The van der Waals surface area contributed by atoms with E-state index in [1.165, 1.54) is 24.6 Å². The van der Waals surface area contributed by atoms with Crippen LogP contribution in [0.3, 0.4) is 0 Å². The molecule has 0 aliphatic rings. The first-order valence-corrected chi connectivity index (χ1v) is 16.0. The molecule has 0 heterocycles. The van der Waals surface area contributed by atoms with Gasteiger partial charge in [-0.15, -0.1) is 0 Å². The third-order valence-corrected chi connectivity index (χ3v) is 6.87. The van der Waals surface area contributed by atoms with Gasteiger partial charge in [0.05, 0.1) is 32.5 Å². The minimum absolute atomic E-state index is 0.285. The quantitative estimate of drug-likeness (QED) is 0.0653. The molecule has 0 saturated heterocycles. The van der Waals surface area contributed by atoms with Crippen molar-refractivity contribution in [2.24, 2.45) is 0 Å². The number of esters is 2. The number of unbranched alkanes of at least 4 members (excludes halogenated alkanes) is 4. The fourth-order valence-electron chi connectivity index (χ4n) is 4.18. The Bertz CT molecular complexity index is 1390. The Kier molecular flexibility index (Phi) is 17.9. The van der Waals surface area contributed by atoms with E-state index in [1.807, 2.05) is 54.6 Å². The van der Waals surface area contributed by atoms with Gasteiger partial charge in [-0.1, -0.05) is 88.6 Å². The van der Waals surface area contributed by atoms with Gasteiger partial charge in [0.25, 0.3) is 0 Å². The molecule has 0 aliphatic carbocycles. The van der Waals surface area contributed by atoms with Gasteiger partial charge >= 0.3 is 11.9 Å². The molecular formula is C39H49NO6. The van der Waals surface area contributed by atoms with Gasteiger partial charge in [-0.2, -0.15) is 0 Å². The summed E-state index contributed by atoms with van der Waals surface area (Å²) in [5.41, 5.74) is 4.81. The molecule has 0 fully saturated rings. The lowest BCUT2D eigenvalue weighted by Gasteiger charge is -2.09. The first-order valence-electron chi connectivity index (χ1n) is 16.0. The predicted molar refractivity (Wildman–Crippen MR) is 187 cm³/mol. The van der Waals surface area contributed by atoms with Crippen molar-refractivity contribution in [3.63, 3.8) is 0 Å². The Balaban J connectivity index is 0.000000322. The maximum absolute atomic E-state index is 12.0. The number of hydrogen-bond donors (Lipinski definition) is 1. The van der Waals surface area contributed by atoms with Gasteiger partial charge in [-0.05, 0) is 72.9 Å². The van der Waals surface area contributed by atoms with E-state index >= 15 is 0 Å². The number of benzene rings is 3. The highest BCUT2D eigenvalue weighted by molar-refractivity contribution is 5.90. The summed E-state index contributed by atoms with van der Waals surface area (Å²) in [6.07, 6.45) is 12.9. The average Bonchev–Trinajstić information content (AvgIpc) is 3.08. The Morgan fingerprint density at radius 3 is 2.11 bits per heavy atom. The second-order valence-electron chi connectivity index (χ2n) is 10.8. The van der Waals surface area contributed by atoms with E-state index in [0.29, 0.717) is 43.1 Å². The molecule has 0 saturated carbocycles. The molecule has 7 heteroatoms. The number of carbonyl (C=O) groups is 2. The first kappa shape index (κ1) is 37.5. The van der Waals surface area contributed by atoms with Crippen LogP contribution in [0.25, 0.3) is 17.2 Å². The van der Waals surface area contributed by atoms with Gasteiger partial charge in [-0.3, -0.25) is 0 Å². The standard InChI is InChI=1S/C20H23NO3.C19H26O3/c1-3-4-5-12-24-20(22)16-8-6-15(7-9-16)17-10-11-19(23-2)18(13-17)14-21;1-4-5-6-7-9-17-10-12-18(13-11-17)21-14-8-15-22-19(20)16(2)3/h6-11,13-14,21H,3-5,12H2,1-2H3;7,9-13H,2,4-6,8,14-15H2,1,3H3/b;9-7+. The van der Waals surface area contributed by atoms with Gasteiger partial charge in [0.1, 0.15) is 11.5 Å². The second kappa shape index (κ2) is 22.0. The normalized spacial score (nSPS) is 10.4. The summed E-state index contributed by atoms with van der Waals surface area (Å²) in [6.45, 7) is 10.8. The second-order valence-corrected chi connectivity index (χ2v) is 10.8. The predicted octanol–water partition coefficient (Wildman–Crippen LogP) is 9.49. The molecular weight excluding hydrogens is 578 g/mol. The zero-order valence-electron chi connectivity index (χ0n) is 27.8. The van der Waals surface area contributed by atoms with Crippen molar-refractivity contribution >= 4 is 24.2 Å². The molecule has 0 aliphatic heterocycles. The Labute approximate surface area is 274 Å². The van der Waals surface area contributed by atoms with E-state index in [0.717, 1.165) is 48.1 Å². The Hall–Kier alpha value is -4.65. The molecule has 3 aromatic carbocycles. The third kappa shape index (κ3) is 14.0. The van der Waals surface area contributed by atoms with Crippen molar-refractivity contribution in [1.82, 2.24) is 0 Å². The molecule has 246 valence electrons. The van der Waals surface area contributed by atoms with Crippen molar-refractivity contribution in [1.29, 1.82) is 5.41 Å². The smallest absolute Gasteiger partial charge is 0.338 e. The molecule has 7 nitrogen and oxygen atoms in total. The minimum Gasteiger partial charge on any atom is -0.496 e. The number of methoxy groups -OCH3 is 1. The van der Waals surface area contributed by atoms with Crippen molar-refractivity contribution in [3.05, 3.63) is 102 Å². The maximum atomic E-state index is 12.0. The van der Waals surface area contributed by atoms with Crippen LogP contribution < -0.4 is 9.47 Å². The number of allylic oxidation sites excluding steroid dienone is 1. The highest BCUT2D eigenvalue weighted by atomic mass is 16.5. The summed E-state index contributed by atoms with van der Waals surface area (Å²) >= 11 is 0. The van der Waals surface area contributed by atoms with E-state index in [9.17, 15) is 9.59 Å². The van der Waals surface area contributed by atoms with E-state index in [1.54, 1.807) is 26.2 Å². The fourth-order valence-corrected chi connectivity index (χ4v) is 4.18. The van der Waals surface area contributed by atoms with Crippen LogP contribution in [0.5, 0.6) is 11.5 Å². The summed E-state index contributed by atoms with van der Waals surface area (Å²) in [7, 11) is 1.59. The van der Waals surface area contributed by atoms with Crippen LogP contribution in [0.2, 0.25) is 0 Å². The highest BCUT2D eigenvalue weighted by Gasteiger charge is 2.09. The molecule has 46 heavy (non-hydrogen) atoms. The molecule has 0 spiro atoms. The van der Waals surface area contributed by atoms with Crippen LogP contribution in [-0.2, 0) is 14.3 Å². The molecule has 3 rings (SSSR count). The van der Waals surface area contributed by atoms with Crippen molar-refractivity contribution in [2.45, 2.75) is 65.7 Å². The van der Waals surface area contributed by atoms with E-state index < -0.39 is 0 Å². The van der Waals surface area contributed by atoms with E-state index in [4.69, 9.17) is 24.4 Å². The van der Waals surface area contributed by atoms with Gasteiger partial charge in [0.15, 0.2) is 0 Å². The molecule has 3 aromatic rings. The summed E-state index contributed by atoms with van der Waals surface area (Å²) in [4.78, 5) is 23.1. The molecule has 0 atom stereocenters. The molecule has 0 amide bonds.